The van der Waals surface area contributed by atoms with Crippen molar-refractivity contribution >= 4 is 0 Å². The molecule has 0 aliphatic carbocycles. The second-order valence-electron chi connectivity index (χ2n) is 2.98. The van der Waals surface area contributed by atoms with Gasteiger partial charge in [0.05, 0.1) is 0 Å². The van der Waals surface area contributed by atoms with Crippen molar-refractivity contribution in [2.24, 2.45) is 5.73 Å². The zero-order chi connectivity index (χ0) is 8.81. The lowest BCUT2D eigenvalue weighted by Gasteiger charge is -1.96. The van der Waals surface area contributed by atoms with Crippen LogP contribution in [0.15, 0.2) is 42.5 Å². The van der Waals surface area contributed by atoms with Gasteiger partial charge in [-0.3, -0.25) is 0 Å². The number of nitrogens with two attached hydrogens (primary N) is 1. The Morgan fingerprint density at radius 2 is 2.00 bits per heavy atom. The smallest absolute Gasteiger partial charge is 0.0194 e. The molecule has 1 atom stereocenters. The molecule has 0 aliphatic heterocycles. The lowest BCUT2D eigenvalue weighted by Crippen LogP contribution is -2.10. The Balaban J connectivity index is 2.43. The molecule has 0 fully saturated rings. The minimum Gasteiger partial charge on any atom is -0.325 e. The zero-order valence-electron chi connectivity index (χ0n) is 7.40. The summed E-state index contributed by atoms with van der Waals surface area (Å²) in [5.41, 5.74) is 6.90. The van der Waals surface area contributed by atoms with Crippen LogP contribution in [0.5, 0.6) is 0 Å². The molecule has 64 valence electrons. The van der Waals surface area contributed by atoms with E-state index in [1.165, 1.54) is 5.56 Å². The van der Waals surface area contributed by atoms with Crippen molar-refractivity contribution < 1.29 is 0 Å². The molecule has 0 heterocycles. The summed E-state index contributed by atoms with van der Waals surface area (Å²) in [6.07, 6.45) is 5.11. The van der Waals surface area contributed by atoms with Gasteiger partial charge in [-0.25, -0.2) is 0 Å². The molecule has 0 amide bonds. The lowest BCUT2D eigenvalue weighted by molar-refractivity contribution is 0.920. The van der Waals surface area contributed by atoms with Gasteiger partial charge in [0.25, 0.3) is 0 Å². The van der Waals surface area contributed by atoms with Crippen LogP contribution in [0.1, 0.15) is 12.5 Å². The fraction of sp³-hybridized carbons (Fsp3) is 0.273. The van der Waals surface area contributed by atoms with Gasteiger partial charge in [0.2, 0.25) is 0 Å². The SMILES string of the molecule is CC(N)C=CCc1ccccc1. The third kappa shape index (κ3) is 3.35. The summed E-state index contributed by atoms with van der Waals surface area (Å²) in [6.45, 7) is 1.97. The molecule has 0 spiro atoms. The summed E-state index contributed by atoms with van der Waals surface area (Å²) in [5, 5.41) is 0. The maximum absolute atomic E-state index is 5.57. The van der Waals surface area contributed by atoms with Crippen LogP contribution in [-0.2, 0) is 6.42 Å². The summed E-state index contributed by atoms with van der Waals surface area (Å²) < 4.78 is 0. The maximum Gasteiger partial charge on any atom is 0.0194 e. The average molecular weight is 161 g/mol. The first-order chi connectivity index (χ1) is 5.79. The summed E-state index contributed by atoms with van der Waals surface area (Å²) in [4.78, 5) is 0. The Bertz CT molecular complexity index is 236. The number of benzene rings is 1. The number of hydrogen-bond acceptors (Lipinski definition) is 1. The highest BCUT2D eigenvalue weighted by Gasteiger charge is 1.86. The van der Waals surface area contributed by atoms with Crippen LogP contribution in [0.25, 0.3) is 0 Å². The molecule has 1 unspecified atom stereocenters. The normalized spacial score (nSPS) is 13.5. The second-order valence-corrected chi connectivity index (χ2v) is 2.98. The number of hydrogen-bond donors (Lipinski definition) is 1. The molecule has 1 aromatic rings. The van der Waals surface area contributed by atoms with E-state index in [9.17, 15) is 0 Å². The van der Waals surface area contributed by atoms with E-state index in [4.69, 9.17) is 5.73 Å². The van der Waals surface area contributed by atoms with Crippen molar-refractivity contribution in [2.45, 2.75) is 19.4 Å². The predicted molar refractivity (Wildman–Crippen MR) is 52.9 cm³/mol. The van der Waals surface area contributed by atoms with Crippen LogP contribution < -0.4 is 5.73 Å². The maximum atomic E-state index is 5.57. The van der Waals surface area contributed by atoms with Crippen molar-refractivity contribution in [3.8, 4) is 0 Å². The van der Waals surface area contributed by atoms with E-state index in [2.05, 4.69) is 30.3 Å². The Kier molecular flexibility index (Phi) is 3.55. The van der Waals surface area contributed by atoms with Crippen LogP contribution in [0.3, 0.4) is 0 Å². The van der Waals surface area contributed by atoms with E-state index in [-0.39, 0.29) is 6.04 Å². The molecular formula is C11H15N. The molecule has 0 bridgehead atoms. The Morgan fingerprint density at radius 1 is 1.33 bits per heavy atom. The van der Waals surface area contributed by atoms with Crippen LogP contribution in [-0.4, -0.2) is 6.04 Å². The van der Waals surface area contributed by atoms with E-state index in [0.29, 0.717) is 0 Å². The Hall–Kier alpha value is -1.08. The van der Waals surface area contributed by atoms with Gasteiger partial charge >= 0.3 is 0 Å². The van der Waals surface area contributed by atoms with E-state index in [1.807, 2.05) is 19.1 Å². The summed E-state index contributed by atoms with van der Waals surface area (Å²) >= 11 is 0. The quantitative estimate of drug-likeness (QED) is 0.675. The van der Waals surface area contributed by atoms with Gasteiger partial charge in [-0.15, -0.1) is 0 Å². The van der Waals surface area contributed by atoms with Crippen LogP contribution in [0.4, 0.5) is 0 Å². The molecule has 2 N–H and O–H groups in total. The van der Waals surface area contributed by atoms with E-state index in [1.54, 1.807) is 0 Å². The molecule has 1 nitrogen and oxygen atoms in total. The lowest BCUT2D eigenvalue weighted by atomic mass is 10.1. The molecule has 0 aliphatic rings. The van der Waals surface area contributed by atoms with E-state index in [0.717, 1.165) is 6.42 Å². The van der Waals surface area contributed by atoms with Crippen LogP contribution in [0.2, 0.25) is 0 Å². The molecule has 1 heteroatoms. The minimum absolute atomic E-state index is 0.161. The van der Waals surface area contributed by atoms with Gasteiger partial charge in [-0.1, -0.05) is 42.5 Å². The van der Waals surface area contributed by atoms with Gasteiger partial charge in [0, 0.05) is 6.04 Å². The second kappa shape index (κ2) is 4.73. The fourth-order valence-electron chi connectivity index (χ4n) is 1.03. The molecular weight excluding hydrogens is 146 g/mol. The molecule has 0 aromatic heterocycles. The fourth-order valence-corrected chi connectivity index (χ4v) is 1.03. The Labute approximate surface area is 73.9 Å². The molecule has 1 rings (SSSR count). The van der Waals surface area contributed by atoms with Crippen molar-refractivity contribution in [1.82, 2.24) is 0 Å². The van der Waals surface area contributed by atoms with Gasteiger partial charge in [0.15, 0.2) is 0 Å². The first kappa shape index (κ1) is 9.01. The van der Waals surface area contributed by atoms with E-state index >= 15 is 0 Å². The average Bonchev–Trinajstić information content (AvgIpc) is 2.05. The highest BCUT2D eigenvalue weighted by atomic mass is 14.6. The molecule has 12 heavy (non-hydrogen) atoms. The first-order valence-corrected chi connectivity index (χ1v) is 4.25. The number of allylic oxidation sites excluding steroid dienone is 1. The highest BCUT2D eigenvalue weighted by Crippen LogP contribution is 1.99. The van der Waals surface area contributed by atoms with Crippen molar-refractivity contribution in [1.29, 1.82) is 0 Å². The van der Waals surface area contributed by atoms with Gasteiger partial charge in [-0.2, -0.15) is 0 Å². The minimum atomic E-state index is 0.161. The van der Waals surface area contributed by atoms with Crippen molar-refractivity contribution in [3.05, 3.63) is 48.0 Å². The standard InChI is InChI=1S/C11H15N/c1-10(12)6-5-9-11-7-3-2-4-8-11/h2-8,10H,9,12H2,1H3. The van der Waals surface area contributed by atoms with Crippen molar-refractivity contribution in [2.75, 3.05) is 0 Å². The third-order valence-corrected chi connectivity index (χ3v) is 1.64. The highest BCUT2D eigenvalue weighted by molar-refractivity contribution is 5.17. The molecule has 0 saturated heterocycles. The van der Waals surface area contributed by atoms with Gasteiger partial charge < -0.3 is 5.73 Å². The monoisotopic (exact) mass is 161 g/mol. The van der Waals surface area contributed by atoms with Crippen LogP contribution >= 0.6 is 0 Å². The molecule has 0 saturated carbocycles. The molecule has 1 aromatic carbocycles. The summed E-state index contributed by atoms with van der Waals surface area (Å²) in [5.74, 6) is 0. The predicted octanol–water partition coefficient (Wildman–Crippen LogP) is 2.13. The Morgan fingerprint density at radius 3 is 2.58 bits per heavy atom. The summed E-state index contributed by atoms with van der Waals surface area (Å²) in [7, 11) is 0. The topological polar surface area (TPSA) is 26.0 Å². The zero-order valence-corrected chi connectivity index (χ0v) is 7.40. The summed E-state index contributed by atoms with van der Waals surface area (Å²) in [6, 6.07) is 10.5. The van der Waals surface area contributed by atoms with Gasteiger partial charge in [-0.05, 0) is 18.9 Å². The largest absolute Gasteiger partial charge is 0.325 e. The van der Waals surface area contributed by atoms with Crippen molar-refractivity contribution in [3.63, 3.8) is 0 Å². The van der Waals surface area contributed by atoms with Crippen LogP contribution in [0, 0.1) is 0 Å². The van der Waals surface area contributed by atoms with Gasteiger partial charge in [0.1, 0.15) is 0 Å². The first-order valence-electron chi connectivity index (χ1n) is 4.25. The van der Waals surface area contributed by atoms with E-state index < -0.39 is 0 Å². The molecule has 0 radical (unpaired) electrons. The number of rotatable bonds is 3. The third-order valence-electron chi connectivity index (χ3n) is 1.64.